The van der Waals surface area contributed by atoms with E-state index < -0.39 is 89.8 Å². The van der Waals surface area contributed by atoms with Gasteiger partial charge in [0.2, 0.25) is 0 Å². The van der Waals surface area contributed by atoms with Crippen LogP contribution in [0.4, 0.5) is 19.2 Å². The third-order valence-electron chi connectivity index (χ3n) is 13.5. The first kappa shape index (κ1) is 57.2. The second-order valence-corrected chi connectivity index (χ2v) is 19.3. The first-order chi connectivity index (χ1) is 32.7. The maximum atomic E-state index is 14.6. The highest BCUT2D eigenvalue weighted by molar-refractivity contribution is 7.93. The molecule has 1 aromatic carbocycles. The molecule has 5 N–H and O–H groups in total. The summed E-state index contributed by atoms with van der Waals surface area (Å²) >= 11 is 0.250. The number of methoxy groups -OCH3 is 1. The molecule has 3 aliphatic heterocycles. The van der Waals surface area contributed by atoms with E-state index in [9.17, 15) is 28.2 Å². The van der Waals surface area contributed by atoms with Gasteiger partial charge in [-0.1, -0.05) is 50.8 Å². The minimum Gasteiger partial charge on any atom is -0.458 e. The van der Waals surface area contributed by atoms with Gasteiger partial charge in [-0.2, -0.15) is 3.89 Å². The SMILES string of the molecule is C=CCOC(=O)NC[C@@H]1CC(N(C)C)C(O)[C@H](O[C@@H]2[C@@H](C)C(=O)[C@@H](C)C(=O)O[C@H](CC)[C@@]3(C)OC(=O)N(CCCCn4cc(-c5cccc(N)c5)nn4)[C@@H]3[C@@H](C)NC[C@H](C)C[C@@]2(C)OC)O1.CSF. The molecule has 0 aliphatic carbocycles. The van der Waals surface area contributed by atoms with Crippen molar-refractivity contribution in [2.24, 2.45) is 17.8 Å². The number of nitrogens with zero attached hydrogens (tertiary/aromatic N) is 5. The Morgan fingerprint density at radius 2 is 1.87 bits per heavy atom. The molecule has 2 unspecified atom stereocenters. The molecule has 0 bridgehead atoms. The molecule has 5 rings (SSSR count). The lowest BCUT2D eigenvalue weighted by molar-refractivity contribution is -0.296. The number of cyclic esters (lactones) is 1. The number of nitrogens with one attached hydrogen (secondary N) is 2. The summed E-state index contributed by atoms with van der Waals surface area (Å²) < 4.78 is 48.9. The number of aryl methyl sites for hydroxylation is 1. The molecule has 0 radical (unpaired) electrons. The monoisotopic (exact) mass is 993 g/mol. The van der Waals surface area contributed by atoms with Crippen LogP contribution >= 0.6 is 12.1 Å². The number of aromatic nitrogens is 3. The molecule has 0 saturated carbocycles. The molecule has 21 heteroatoms. The average Bonchev–Trinajstić information content (AvgIpc) is 3.89. The number of aliphatic hydroxyl groups is 1. The summed E-state index contributed by atoms with van der Waals surface area (Å²) in [7, 11) is 5.20. The third kappa shape index (κ3) is 14.6. The van der Waals surface area contributed by atoms with Crippen molar-refractivity contribution in [1.82, 2.24) is 35.4 Å². The van der Waals surface area contributed by atoms with Gasteiger partial charge < -0.3 is 54.8 Å². The van der Waals surface area contributed by atoms with E-state index in [-0.39, 0.29) is 37.3 Å². The number of amides is 2. The van der Waals surface area contributed by atoms with E-state index in [1.165, 1.54) is 19.3 Å². The first-order valence-electron chi connectivity index (χ1n) is 23.8. The Morgan fingerprint density at radius 3 is 2.51 bits per heavy atom. The van der Waals surface area contributed by atoms with Gasteiger partial charge in [0.15, 0.2) is 17.7 Å². The van der Waals surface area contributed by atoms with Crippen molar-refractivity contribution < 1.29 is 56.6 Å². The van der Waals surface area contributed by atoms with Crippen LogP contribution in [0.1, 0.15) is 80.6 Å². The fourth-order valence-corrected chi connectivity index (χ4v) is 9.86. The standard InChI is InChI=1S/C47H74N8O11.CH3FS/c1-12-21-62-44(59)50-26-34-23-36(53(9)10)39(57)43(63-34)65-41-29(4)38(56)30(5)42(58)64-37(13-2)47(8)40(31(6)49-25-28(3)24-46(41,7)61-11)55(45(60)66-47)20-15-14-19-54-27-35(51-52-54)32-17-16-18-33(48)22-32;1-3-2/h12,16-18,22,27-31,34,36-37,39-41,43,49,57H,1,13-15,19-21,23-26,48H2,2-11H3,(H,50,59);1H3/t28-,29+,30-,31-,34+,36?,37-,39?,40-,41-,43+,46-,47-;/m1./s1. The van der Waals surface area contributed by atoms with Gasteiger partial charge in [-0.25, -0.2) is 9.59 Å². The number of Topliss-reactive ketones (excluding diaryl/α,β-unsaturated/α-hetero) is 1. The van der Waals surface area contributed by atoms with E-state index >= 15 is 0 Å². The number of carbonyl (C=O) groups excluding carboxylic acids is 4. The van der Waals surface area contributed by atoms with Crippen LogP contribution in [0.5, 0.6) is 0 Å². The highest BCUT2D eigenvalue weighted by Gasteiger charge is 2.59. The maximum absolute atomic E-state index is 14.6. The summed E-state index contributed by atoms with van der Waals surface area (Å²) in [5.74, 6) is -3.54. The van der Waals surface area contributed by atoms with Crippen molar-refractivity contribution in [1.29, 1.82) is 0 Å². The number of anilines is 1. The number of nitrogen functional groups attached to an aromatic ring is 1. The highest BCUT2D eigenvalue weighted by atomic mass is 32.2. The molecule has 3 aliphatic rings. The summed E-state index contributed by atoms with van der Waals surface area (Å²) in [5, 5.41) is 26.7. The fourth-order valence-electron chi connectivity index (χ4n) is 9.86. The number of esters is 1. The van der Waals surface area contributed by atoms with Crippen molar-refractivity contribution in [3.8, 4) is 11.3 Å². The summed E-state index contributed by atoms with van der Waals surface area (Å²) in [6.07, 6.45) is 0.992. The lowest BCUT2D eigenvalue weighted by atomic mass is 9.78. The topological polar surface area (TPSA) is 231 Å². The molecular weight excluding hydrogens is 916 g/mol. The van der Waals surface area contributed by atoms with Gasteiger partial charge in [0.25, 0.3) is 0 Å². The van der Waals surface area contributed by atoms with Crippen LogP contribution in [-0.2, 0) is 44.6 Å². The molecule has 3 saturated heterocycles. The molecule has 19 nitrogen and oxygen atoms in total. The molecule has 69 heavy (non-hydrogen) atoms. The van der Waals surface area contributed by atoms with E-state index in [1.54, 1.807) is 30.5 Å². The number of halogens is 1. The lowest BCUT2D eigenvalue weighted by Crippen LogP contribution is -2.61. The average molecular weight is 993 g/mol. The lowest BCUT2D eigenvalue weighted by Gasteiger charge is -2.47. The van der Waals surface area contributed by atoms with Crippen LogP contribution in [0.15, 0.2) is 43.1 Å². The highest BCUT2D eigenvalue weighted by Crippen LogP contribution is 2.40. The van der Waals surface area contributed by atoms with Crippen molar-refractivity contribution >= 4 is 41.8 Å². The molecule has 2 aromatic rings. The van der Waals surface area contributed by atoms with Gasteiger partial charge in [-0.3, -0.25) is 19.2 Å². The Bertz CT molecular complexity index is 2000. The van der Waals surface area contributed by atoms with Gasteiger partial charge in [0.05, 0.1) is 30.0 Å². The van der Waals surface area contributed by atoms with E-state index in [4.69, 9.17) is 34.2 Å². The Morgan fingerprint density at radius 1 is 1.17 bits per heavy atom. The maximum Gasteiger partial charge on any atom is 0.410 e. The predicted octanol–water partition coefficient (Wildman–Crippen LogP) is 5.41. The van der Waals surface area contributed by atoms with Gasteiger partial charge in [0, 0.05) is 74.4 Å². The smallest absolute Gasteiger partial charge is 0.410 e. The zero-order valence-corrected chi connectivity index (χ0v) is 43.0. The minimum atomic E-state index is -1.28. The number of ketones is 1. The fraction of sp³-hybridized carbons (Fsp3) is 0.708. The molecule has 0 spiro atoms. The summed E-state index contributed by atoms with van der Waals surface area (Å²) in [6.45, 7) is 17.8. The molecular formula is C48H77FN8O11S. The van der Waals surface area contributed by atoms with Gasteiger partial charge >= 0.3 is 18.2 Å². The Kier molecular flexibility index (Phi) is 21.7. The number of carbonyl (C=O) groups is 4. The Balaban J connectivity index is 0.00000336. The van der Waals surface area contributed by atoms with Crippen molar-refractivity contribution in [3.63, 3.8) is 0 Å². The number of aliphatic hydroxyl groups excluding tert-OH is 1. The normalized spacial score (nSPS) is 32.4. The molecule has 4 heterocycles. The second-order valence-electron chi connectivity index (χ2n) is 19.0. The second kappa shape index (κ2) is 26.2. The third-order valence-corrected chi connectivity index (χ3v) is 13.5. The van der Waals surface area contributed by atoms with Crippen LogP contribution in [0, 0.1) is 17.8 Å². The largest absolute Gasteiger partial charge is 0.458 e. The first-order valence-corrected chi connectivity index (χ1v) is 24.9. The summed E-state index contributed by atoms with van der Waals surface area (Å²) in [6, 6.07) is 6.12. The minimum absolute atomic E-state index is 0.0375. The van der Waals surface area contributed by atoms with Crippen LogP contribution in [0.2, 0.25) is 0 Å². The number of hydrogen-bond donors (Lipinski definition) is 4. The number of likely N-dealkylation sites (N-methyl/N-ethyl adjacent to an activating group) is 1. The summed E-state index contributed by atoms with van der Waals surface area (Å²) in [5.41, 5.74) is 5.76. The zero-order valence-electron chi connectivity index (χ0n) is 42.2. The van der Waals surface area contributed by atoms with Crippen LogP contribution in [0.25, 0.3) is 11.3 Å². The van der Waals surface area contributed by atoms with Gasteiger partial charge in [0.1, 0.15) is 30.4 Å². The number of benzene rings is 1. The number of nitrogens with two attached hydrogens (primary N) is 1. The number of rotatable bonds is 15. The predicted molar refractivity (Wildman–Crippen MR) is 260 cm³/mol. The van der Waals surface area contributed by atoms with Crippen LogP contribution in [-0.4, -0.2) is 168 Å². The molecule has 2 amide bonds. The molecule has 388 valence electrons. The summed E-state index contributed by atoms with van der Waals surface area (Å²) in [4.78, 5) is 58.5. The number of alkyl carbamates (subject to hydrolysis) is 1. The van der Waals surface area contributed by atoms with Crippen molar-refractivity contribution in [2.75, 3.05) is 59.4 Å². The molecule has 13 atom stereocenters. The van der Waals surface area contributed by atoms with Crippen molar-refractivity contribution in [2.45, 2.75) is 147 Å². The van der Waals surface area contributed by atoms with Crippen LogP contribution in [0.3, 0.4) is 0 Å². The number of ether oxygens (including phenoxy) is 6. The van der Waals surface area contributed by atoms with E-state index in [2.05, 4.69) is 34.4 Å². The van der Waals surface area contributed by atoms with E-state index in [0.717, 1.165) is 5.56 Å². The quantitative estimate of drug-likeness (QED) is 0.0436. The molecule has 3 fully saturated rings. The zero-order chi connectivity index (χ0) is 51.2. The van der Waals surface area contributed by atoms with Gasteiger partial charge in [-0.15, -0.1) is 5.10 Å². The van der Waals surface area contributed by atoms with Crippen LogP contribution < -0.4 is 16.4 Å². The van der Waals surface area contributed by atoms with Gasteiger partial charge in [-0.05, 0) is 98.5 Å². The number of unbranched alkanes of at least 4 members (excludes halogenated alkanes) is 1. The number of fused-ring (bicyclic) bond motifs is 1. The van der Waals surface area contributed by atoms with E-state index in [1.807, 2.05) is 70.2 Å². The Hall–Kier alpha value is -4.38. The molecule has 1 aromatic heterocycles. The van der Waals surface area contributed by atoms with E-state index in [0.29, 0.717) is 63.1 Å². The van der Waals surface area contributed by atoms with Crippen molar-refractivity contribution in [3.05, 3.63) is 43.1 Å². The Labute approximate surface area is 411 Å². The number of hydrogen-bond acceptors (Lipinski definition) is 17.